The van der Waals surface area contributed by atoms with Gasteiger partial charge in [-0.15, -0.1) is 17.7 Å². The minimum Gasteiger partial charge on any atom is -0.374 e. The van der Waals surface area contributed by atoms with Crippen LogP contribution in [0.3, 0.4) is 0 Å². The van der Waals surface area contributed by atoms with Crippen molar-refractivity contribution in [3.05, 3.63) is 70.8 Å². The summed E-state index contributed by atoms with van der Waals surface area (Å²) in [5.74, 6) is -1.28. The number of ether oxygens (including phenoxy) is 1. The summed E-state index contributed by atoms with van der Waals surface area (Å²) >= 11 is 4.65. The van der Waals surface area contributed by atoms with E-state index in [9.17, 15) is 28.0 Å². The number of nitrogens with one attached hydrogen (secondary N) is 2. The number of thiol groups is 1. The largest absolute Gasteiger partial charge is 0.374 e. The molecule has 0 aliphatic carbocycles. The summed E-state index contributed by atoms with van der Waals surface area (Å²) < 4.78 is 37.5. The lowest BCUT2D eigenvalue weighted by Gasteiger charge is -2.32. The molecule has 4 fully saturated rings. The molecule has 4 atom stereocenters. The molecule has 15 nitrogen and oxygen atoms in total. The second-order valence-electron chi connectivity index (χ2n) is 14.2. The molecule has 53 heavy (non-hydrogen) atoms. The van der Waals surface area contributed by atoms with Gasteiger partial charge in [0.2, 0.25) is 11.8 Å². The Kier molecular flexibility index (Phi) is 8.42. The van der Waals surface area contributed by atoms with E-state index in [4.69, 9.17) is 4.74 Å². The summed E-state index contributed by atoms with van der Waals surface area (Å²) in [6, 6.07) is 6.49. The molecule has 9 rings (SSSR count). The van der Waals surface area contributed by atoms with Gasteiger partial charge in [0.25, 0.3) is 18.2 Å². The molecule has 3 aromatic heterocycles. The molecule has 18 heteroatoms. The smallest absolute Gasteiger partial charge is 0.284 e. The van der Waals surface area contributed by atoms with Crippen molar-refractivity contribution in [1.29, 1.82) is 0 Å². The number of amides is 4. The molecule has 2 bridgehead atoms. The molecule has 8 heterocycles. The first-order valence-electron chi connectivity index (χ1n) is 17.7. The van der Waals surface area contributed by atoms with E-state index in [0.717, 1.165) is 12.0 Å². The Morgan fingerprint density at radius 2 is 1.94 bits per heavy atom. The van der Waals surface area contributed by atoms with Crippen LogP contribution in [0.25, 0.3) is 5.65 Å². The topological polar surface area (TPSA) is 159 Å². The minimum atomic E-state index is -2.91. The average Bonchev–Trinajstić information content (AvgIpc) is 3.98. The number of piperidine rings is 2. The van der Waals surface area contributed by atoms with Gasteiger partial charge >= 0.3 is 0 Å². The summed E-state index contributed by atoms with van der Waals surface area (Å²) in [6.45, 7) is 2.98. The summed E-state index contributed by atoms with van der Waals surface area (Å²) in [6.07, 6.45) is 4.39. The van der Waals surface area contributed by atoms with Gasteiger partial charge < -0.3 is 19.9 Å². The highest BCUT2D eigenvalue weighted by Crippen LogP contribution is 2.40. The van der Waals surface area contributed by atoms with Gasteiger partial charge in [0.1, 0.15) is 17.0 Å². The Labute approximate surface area is 307 Å². The number of rotatable bonds is 8. The van der Waals surface area contributed by atoms with Gasteiger partial charge in [-0.2, -0.15) is 5.10 Å². The number of halogens is 2. The maximum atomic E-state index is 14.3. The van der Waals surface area contributed by atoms with Crippen molar-refractivity contribution in [2.75, 3.05) is 36.5 Å². The molecule has 1 aromatic carbocycles. The van der Waals surface area contributed by atoms with Crippen LogP contribution in [-0.2, 0) is 20.9 Å². The number of carbonyl (C=O) groups excluding carboxylic acids is 4. The predicted molar refractivity (Wildman–Crippen MR) is 188 cm³/mol. The number of hydrogen-bond donors (Lipinski definition) is 3. The van der Waals surface area contributed by atoms with Crippen LogP contribution in [0.5, 0.6) is 0 Å². The molecule has 2 N–H and O–H groups in total. The van der Waals surface area contributed by atoms with Crippen LogP contribution < -0.4 is 15.5 Å². The molecule has 276 valence electrons. The third-order valence-electron chi connectivity index (χ3n) is 11.0. The van der Waals surface area contributed by atoms with E-state index in [2.05, 4.69) is 43.3 Å². The maximum Gasteiger partial charge on any atom is 0.284 e. The molecule has 0 saturated carbocycles. The Bertz CT molecular complexity index is 2150. The lowest BCUT2D eigenvalue weighted by molar-refractivity contribution is -0.137. The number of benzene rings is 1. The molecule has 2 unspecified atom stereocenters. The lowest BCUT2D eigenvalue weighted by atomic mass is 10.0. The van der Waals surface area contributed by atoms with Crippen LogP contribution in [0.4, 0.5) is 20.3 Å². The monoisotopic (exact) mass is 746 g/mol. The number of hydrogen-bond acceptors (Lipinski definition) is 11. The van der Waals surface area contributed by atoms with Crippen molar-refractivity contribution in [1.82, 2.24) is 39.5 Å². The summed E-state index contributed by atoms with van der Waals surface area (Å²) in [5.41, 5.74) is 2.10. The van der Waals surface area contributed by atoms with Crippen molar-refractivity contribution < 1.29 is 32.7 Å². The fraction of sp³-hybridized carbons (Fsp3) is 0.457. The predicted octanol–water partition coefficient (Wildman–Crippen LogP) is 3.12. The summed E-state index contributed by atoms with van der Waals surface area (Å²) in [5, 5.41) is 13.3. The van der Waals surface area contributed by atoms with E-state index >= 15 is 0 Å². The van der Waals surface area contributed by atoms with Gasteiger partial charge in [-0.1, -0.05) is 12.1 Å². The van der Waals surface area contributed by atoms with Gasteiger partial charge in [-0.3, -0.25) is 34.1 Å². The minimum absolute atomic E-state index is 0.0556. The molecule has 5 aliphatic heterocycles. The van der Waals surface area contributed by atoms with Crippen molar-refractivity contribution in [2.45, 2.75) is 74.7 Å². The lowest BCUT2D eigenvalue weighted by Crippen LogP contribution is -2.53. The van der Waals surface area contributed by atoms with Crippen LogP contribution in [-0.4, -0.2) is 102 Å². The first-order valence-corrected chi connectivity index (χ1v) is 18.2. The number of nitrogens with zero attached hydrogens (tertiary/aromatic N) is 8. The zero-order valence-electron chi connectivity index (χ0n) is 28.4. The number of alkyl halides is 2. The third-order valence-corrected chi connectivity index (χ3v) is 11.5. The van der Waals surface area contributed by atoms with Crippen molar-refractivity contribution in [2.24, 2.45) is 0 Å². The molecule has 0 spiro atoms. The fourth-order valence-corrected chi connectivity index (χ4v) is 8.84. The number of likely N-dealkylation sites (tertiary alicyclic amines) is 1. The maximum absolute atomic E-state index is 14.3. The Morgan fingerprint density at radius 1 is 1.11 bits per heavy atom. The first kappa shape index (κ1) is 33.9. The highest BCUT2D eigenvalue weighted by molar-refractivity contribution is 7.80. The van der Waals surface area contributed by atoms with Gasteiger partial charge in [-0.05, 0) is 48.9 Å². The number of morpholine rings is 1. The molecule has 5 aliphatic rings. The van der Waals surface area contributed by atoms with Crippen molar-refractivity contribution >= 4 is 53.4 Å². The second-order valence-corrected chi connectivity index (χ2v) is 14.7. The Hall–Kier alpha value is -4.94. The summed E-state index contributed by atoms with van der Waals surface area (Å²) in [7, 11) is 0. The van der Waals surface area contributed by atoms with E-state index in [1.807, 2.05) is 23.1 Å². The average molecular weight is 747 g/mol. The Balaban J connectivity index is 0.875. The van der Waals surface area contributed by atoms with Crippen molar-refractivity contribution in [3.8, 4) is 0 Å². The number of fused-ring (bicyclic) bond motifs is 4. The molecular formula is C35H36F2N10O5S. The van der Waals surface area contributed by atoms with Gasteiger partial charge in [0.05, 0.1) is 30.5 Å². The van der Waals surface area contributed by atoms with E-state index in [0.29, 0.717) is 68.2 Å². The van der Waals surface area contributed by atoms with Gasteiger partial charge in [0, 0.05) is 56.8 Å². The van der Waals surface area contributed by atoms with E-state index in [1.54, 1.807) is 18.5 Å². The normalized spacial score (nSPS) is 24.9. The Morgan fingerprint density at radius 3 is 2.68 bits per heavy atom. The van der Waals surface area contributed by atoms with Gasteiger partial charge in [0.15, 0.2) is 17.2 Å². The van der Waals surface area contributed by atoms with Crippen LogP contribution in [0.1, 0.15) is 87.5 Å². The zero-order chi connectivity index (χ0) is 36.5. The molecule has 0 radical (unpaired) electrons. The standard InChI is InChI=1S/C35H36F2N10O5S/c36-29(37)28-24(39-33(50)27-30-38-8-1-9-45(30)42-31(27)44-15-21-13-20(44)17-52-21)16-46(41-28)19-6-10-43(11-7-19)14-18-2-3-22-23(12-18)34(51)47(35(22)53)25-4-5-26(48)40-32(25)49/h1-3,8-9,12,16,19-21,25,29,35,53H,4-7,10-11,13-15,17H2,(H,39,50)(H,40,48,49)/t20-,21-,25?,35?/m0/s1. The van der Waals surface area contributed by atoms with E-state index in [1.165, 1.54) is 20.3 Å². The summed E-state index contributed by atoms with van der Waals surface area (Å²) in [4.78, 5) is 61.6. The number of aromatic nitrogens is 5. The SMILES string of the molecule is O=C1CCC(N2C(=O)c3cc(CN4CCC(n5cc(NC(=O)c6c(N7C[C@@H]8C[C@H]7CO8)nn7cccnc67)c(C(F)F)n5)CC4)ccc3C2S)C(=O)N1. The van der Waals surface area contributed by atoms with Crippen LogP contribution in [0.2, 0.25) is 0 Å². The van der Waals surface area contributed by atoms with Crippen LogP contribution in [0.15, 0.2) is 42.9 Å². The number of carbonyl (C=O) groups is 4. The number of anilines is 2. The van der Waals surface area contributed by atoms with Crippen molar-refractivity contribution in [3.63, 3.8) is 0 Å². The molecule has 4 amide bonds. The third kappa shape index (κ3) is 5.92. The molecular weight excluding hydrogens is 711 g/mol. The molecule has 4 saturated heterocycles. The van der Waals surface area contributed by atoms with E-state index in [-0.39, 0.29) is 54.1 Å². The fourth-order valence-electron chi connectivity index (χ4n) is 8.35. The van der Waals surface area contributed by atoms with E-state index < -0.39 is 35.3 Å². The van der Waals surface area contributed by atoms with Gasteiger partial charge in [-0.25, -0.2) is 18.3 Å². The van der Waals surface area contributed by atoms with Crippen LogP contribution >= 0.6 is 12.6 Å². The highest BCUT2D eigenvalue weighted by Gasteiger charge is 2.44. The highest BCUT2D eigenvalue weighted by atomic mass is 32.1. The number of imide groups is 1. The van der Waals surface area contributed by atoms with Crippen LogP contribution in [0, 0.1) is 0 Å². The second kappa shape index (κ2) is 13.2. The molecule has 4 aromatic rings. The quantitative estimate of drug-likeness (QED) is 0.181. The first-order chi connectivity index (χ1) is 25.6. The zero-order valence-corrected chi connectivity index (χ0v) is 29.3.